The van der Waals surface area contributed by atoms with Crippen molar-refractivity contribution in [3.8, 4) is 11.5 Å². The highest BCUT2D eigenvalue weighted by molar-refractivity contribution is 6.03. The third-order valence-corrected chi connectivity index (χ3v) is 6.02. The summed E-state index contributed by atoms with van der Waals surface area (Å²) in [4.78, 5) is 13.1. The average Bonchev–Trinajstić information content (AvgIpc) is 3.34. The largest absolute Gasteiger partial charge is 0.508 e. The van der Waals surface area contributed by atoms with Gasteiger partial charge in [-0.25, -0.2) is 0 Å². The van der Waals surface area contributed by atoms with E-state index in [0.717, 1.165) is 33.5 Å². The number of carbonyl (C=O) groups excluding carboxylic acids is 1. The number of carbonyl (C=O) groups is 1. The molecule has 0 saturated carbocycles. The minimum atomic E-state index is -0.372. The van der Waals surface area contributed by atoms with Crippen molar-refractivity contribution in [3.63, 3.8) is 0 Å². The molecule has 5 nitrogen and oxygen atoms in total. The maximum absolute atomic E-state index is 13.1. The Kier molecular flexibility index (Phi) is 4.75. The lowest BCUT2D eigenvalue weighted by molar-refractivity contribution is -0.120. The minimum absolute atomic E-state index is 0.0564. The van der Waals surface area contributed by atoms with Crippen LogP contribution in [0.4, 0.5) is 5.69 Å². The highest BCUT2D eigenvalue weighted by atomic mass is 16.5. The van der Waals surface area contributed by atoms with Crippen molar-refractivity contribution >= 4 is 22.7 Å². The Morgan fingerprint density at radius 2 is 1.52 bits per heavy atom. The van der Waals surface area contributed by atoms with Gasteiger partial charge in [0.2, 0.25) is 5.91 Å². The van der Waals surface area contributed by atoms with E-state index in [1.165, 1.54) is 0 Å². The van der Waals surface area contributed by atoms with Crippen molar-refractivity contribution in [1.29, 1.82) is 0 Å². The Bertz CT molecular complexity index is 1160. The summed E-state index contributed by atoms with van der Waals surface area (Å²) in [6.07, 6.45) is 0.0230. The first-order valence-corrected chi connectivity index (χ1v) is 10.4. The number of hydrogen-bond donors (Lipinski definition) is 3. The van der Waals surface area contributed by atoms with Crippen LogP contribution in [0.5, 0.6) is 11.5 Å². The quantitative estimate of drug-likeness (QED) is 0.577. The summed E-state index contributed by atoms with van der Waals surface area (Å²) in [6, 6.07) is 21.8. The predicted molar refractivity (Wildman–Crippen MR) is 120 cm³/mol. The number of anilines is 1. The number of aryl methyl sites for hydroxylation is 1. The highest BCUT2D eigenvalue weighted by Crippen LogP contribution is 2.51. The molecular weight excluding hydrogens is 390 g/mol. The number of ether oxygens (including phenoxy) is 1. The van der Waals surface area contributed by atoms with Gasteiger partial charge in [-0.15, -0.1) is 0 Å². The fourth-order valence-electron chi connectivity index (χ4n) is 4.61. The van der Waals surface area contributed by atoms with E-state index in [9.17, 15) is 15.0 Å². The molecule has 3 unspecified atom stereocenters. The molecule has 0 aromatic heterocycles. The number of hydrogen-bond acceptors (Lipinski definition) is 4. The van der Waals surface area contributed by atoms with Gasteiger partial charge >= 0.3 is 0 Å². The third kappa shape index (κ3) is 3.57. The zero-order valence-corrected chi connectivity index (χ0v) is 17.1. The van der Waals surface area contributed by atoms with Crippen LogP contribution in [0, 0.1) is 12.8 Å². The molecule has 5 heteroatoms. The van der Waals surface area contributed by atoms with E-state index < -0.39 is 0 Å². The maximum Gasteiger partial charge on any atom is 0.230 e. The first-order chi connectivity index (χ1) is 15.0. The van der Waals surface area contributed by atoms with E-state index in [4.69, 9.17) is 4.74 Å². The number of rotatable bonds is 4. The van der Waals surface area contributed by atoms with E-state index in [1.54, 1.807) is 24.3 Å². The van der Waals surface area contributed by atoms with Crippen LogP contribution in [-0.4, -0.2) is 28.3 Å². The maximum atomic E-state index is 13.1. The number of nitrogens with one attached hydrogen (secondary N) is 1. The number of fused-ring (bicyclic) bond motifs is 2. The molecule has 31 heavy (non-hydrogen) atoms. The van der Waals surface area contributed by atoms with Crippen LogP contribution in [-0.2, 0) is 9.53 Å². The van der Waals surface area contributed by atoms with Crippen molar-refractivity contribution in [2.75, 3.05) is 5.32 Å². The molecule has 2 aliphatic heterocycles. The summed E-state index contributed by atoms with van der Waals surface area (Å²) in [6.45, 7) is 1.99. The van der Waals surface area contributed by atoms with Gasteiger partial charge in [-0.1, -0.05) is 36.4 Å². The monoisotopic (exact) mass is 413 g/mol. The number of aromatic hydroxyl groups is 2. The van der Waals surface area contributed by atoms with Crippen LogP contribution in [0.15, 0.2) is 72.8 Å². The Morgan fingerprint density at radius 3 is 2.13 bits per heavy atom. The van der Waals surface area contributed by atoms with E-state index >= 15 is 0 Å². The molecule has 0 aliphatic carbocycles. The van der Waals surface area contributed by atoms with E-state index in [2.05, 4.69) is 5.32 Å². The standard InChI is InChI=1S/C26H23NO4/c1-15-3-2-4-18(13-15)27-26(30)21-14-22-23(16-5-9-19(28)10-6-16)24(25(21)31-22)17-7-11-20(29)12-8-17/h2-13,21-22,25,28-29H,14H2,1H3,(H,27,30). The van der Waals surface area contributed by atoms with Gasteiger partial charge in [0.05, 0.1) is 18.1 Å². The fourth-order valence-corrected chi connectivity index (χ4v) is 4.61. The molecule has 1 fully saturated rings. The van der Waals surface area contributed by atoms with Gasteiger partial charge in [0.1, 0.15) is 11.5 Å². The lowest BCUT2D eigenvalue weighted by Crippen LogP contribution is -2.31. The molecule has 3 atom stereocenters. The smallest absolute Gasteiger partial charge is 0.230 e. The predicted octanol–water partition coefficient (Wildman–Crippen LogP) is 4.74. The number of phenolic OH excluding ortho intramolecular Hbond substituents is 2. The number of benzene rings is 3. The molecule has 0 spiro atoms. The van der Waals surface area contributed by atoms with E-state index in [-0.39, 0.29) is 35.5 Å². The normalized spacial score (nSPS) is 22.0. The first-order valence-electron chi connectivity index (χ1n) is 10.4. The highest BCUT2D eigenvalue weighted by Gasteiger charge is 2.50. The minimum Gasteiger partial charge on any atom is -0.508 e. The van der Waals surface area contributed by atoms with Crippen molar-refractivity contribution in [1.82, 2.24) is 0 Å². The van der Waals surface area contributed by atoms with Crippen LogP contribution in [0.25, 0.3) is 11.1 Å². The summed E-state index contributed by atoms with van der Waals surface area (Å²) in [5.41, 5.74) is 5.75. The van der Waals surface area contributed by atoms with Crippen LogP contribution in [0.1, 0.15) is 23.1 Å². The van der Waals surface area contributed by atoms with Crippen molar-refractivity contribution < 1.29 is 19.7 Å². The Hall–Kier alpha value is -3.57. The Labute approximate surface area is 180 Å². The SMILES string of the molecule is Cc1cccc(NC(=O)C2CC3OC2C(c2ccc(O)cc2)=C3c2ccc(O)cc2)c1. The van der Waals surface area contributed by atoms with Crippen molar-refractivity contribution in [3.05, 3.63) is 89.5 Å². The molecular formula is C26H23NO4. The molecule has 2 heterocycles. The molecule has 3 aromatic carbocycles. The lowest BCUT2D eigenvalue weighted by atomic mass is 9.78. The summed E-state index contributed by atoms with van der Waals surface area (Å²) in [7, 11) is 0. The summed E-state index contributed by atoms with van der Waals surface area (Å²) >= 11 is 0. The summed E-state index contributed by atoms with van der Waals surface area (Å²) < 4.78 is 6.30. The van der Waals surface area contributed by atoms with Gasteiger partial charge in [-0.05, 0) is 77.6 Å². The van der Waals surface area contributed by atoms with Gasteiger partial charge in [-0.2, -0.15) is 0 Å². The molecule has 3 N–H and O–H groups in total. The summed E-state index contributed by atoms with van der Waals surface area (Å²) in [5, 5.41) is 22.5. The van der Waals surface area contributed by atoms with Crippen molar-refractivity contribution in [2.45, 2.75) is 25.6 Å². The van der Waals surface area contributed by atoms with Crippen LogP contribution in [0.2, 0.25) is 0 Å². The average molecular weight is 413 g/mol. The molecule has 5 rings (SSSR count). The van der Waals surface area contributed by atoms with Crippen LogP contribution >= 0.6 is 0 Å². The van der Waals surface area contributed by atoms with Crippen LogP contribution in [0.3, 0.4) is 0 Å². The molecule has 2 aliphatic rings. The second-order valence-electron chi connectivity index (χ2n) is 8.17. The summed E-state index contributed by atoms with van der Waals surface area (Å²) in [5.74, 6) is 0.0256. The lowest BCUT2D eigenvalue weighted by Gasteiger charge is -2.24. The molecule has 156 valence electrons. The second kappa shape index (κ2) is 7.60. The van der Waals surface area contributed by atoms with E-state index in [1.807, 2.05) is 55.5 Å². The molecule has 2 bridgehead atoms. The topological polar surface area (TPSA) is 78.8 Å². The van der Waals surface area contributed by atoms with Crippen molar-refractivity contribution in [2.24, 2.45) is 5.92 Å². The second-order valence-corrected chi connectivity index (χ2v) is 8.17. The fraction of sp³-hybridized carbons (Fsp3) is 0.192. The molecule has 3 aromatic rings. The molecule has 1 saturated heterocycles. The van der Waals surface area contributed by atoms with E-state index in [0.29, 0.717) is 6.42 Å². The Balaban J connectivity index is 1.52. The van der Waals surface area contributed by atoms with Gasteiger partial charge in [0.15, 0.2) is 0 Å². The molecule has 1 amide bonds. The zero-order chi connectivity index (χ0) is 21.5. The first kappa shape index (κ1) is 19.4. The molecule has 0 radical (unpaired) electrons. The van der Waals surface area contributed by atoms with Gasteiger partial charge in [0, 0.05) is 5.69 Å². The Morgan fingerprint density at radius 1 is 0.903 bits per heavy atom. The van der Waals surface area contributed by atoms with Gasteiger partial charge in [0.25, 0.3) is 0 Å². The number of amides is 1. The van der Waals surface area contributed by atoms with Gasteiger partial charge in [-0.3, -0.25) is 4.79 Å². The van der Waals surface area contributed by atoms with Gasteiger partial charge < -0.3 is 20.3 Å². The van der Waals surface area contributed by atoms with Crippen LogP contribution < -0.4 is 5.32 Å². The zero-order valence-electron chi connectivity index (χ0n) is 17.1. The third-order valence-electron chi connectivity index (χ3n) is 6.02. The number of phenols is 2.